The SMILES string of the molecule is [CH2]CCc1ccc(CN(C)CC)cc1. The molecule has 0 unspecified atom stereocenters. The Morgan fingerprint density at radius 3 is 2.21 bits per heavy atom. The predicted molar refractivity (Wildman–Crippen MR) is 62.1 cm³/mol. The molecular formula is C13H20N. The summed E-state index contributed by atoms with van der Waals surface area (Å²) in [5, 5.41) is 0. The maximum absolute atomic E-state index is 3.86. The van der Waals surface area contributed by atoms with Crippen molar-refractivity contribution in [2.24, 2.45) is 0 Å². The lowest BCUT2D eigenvalue weighted by molar-refractivity contribution is 0.346. The van der Waals surface area contributed by atoms with Gasteiger partial charge in [0.15, 0.2) is 0 Å². The van der Waals surface area contributed by atoms with Crippen LogP contribution in [0.15, 0.2) is 24.3 Å². The molecule has 0 aliphatic rings. The van der Waals surface area contributed by atoms with Crippen molar-refractivity contribution >= 4 is 0 Å². The maximum atomic E-state index is 3.86. The van der Waals surface area contributed by atoms with E-state index in [1.54, 1.807) is 0 Å². The molecule has 0 saturated carbocycles. The summed E-state index contributed by atoms with van der Waals surface area (Å²) in [6.45, 7) is 8.18. The topological polar surface area (TPSA) is 3.24 Å². The molecule has 14 heavy (non-hydrogen) atoms. The minimum atomic E-state index is 0.980. The summed E-state index contributed by atoms with van der Waals surface area (Å²) in [6, 6.07) is 8.86. The highest BCUT2D eigenvalue weighted by atomic mass is 15.1. The summed E-state index contributed by atoms with van der Waals surface area (Å²) in [4.78, 5) is 2.30. The fourth-order valence-corrected chi connectivity index (χ4v) is 1.44. The van der Waals surface area contributed by atoms with Gasteiger partial charge >= 0.3 is 0 Å². The van der Waals surface area contributed by atoms with Gasteiger partial charge in [0.25, 0.3) is 0 Å². The molecule has 1 rings (SSSR count). The zero-order valence-electron chi connectivity index (χ0n) is 9.29. The van der Waals surface area contributed by atoms with E-state index in [2.05, 4.69) is 50.1 Å². The molecule has 0 heterocycles. The monoisotopic (exact) mass is 190 g/mol. The van der Waals surface area contributed by atoms with Crippen molar-refractivity contribution in [3.63, 3.8) is 0 Å². The average Bonchev–Trinajstić information content (AvgIpc) is 2.21. The fourth-order valence-electron chi connectivity index (χ4n) is 1.44. The minimum Gasteiger partial charge on any atom is -0.302 e. The van der Waals surface area contributed by atoms with Gasteiger partial charge in [-0.3, -0.25) is 0 Å². The van der Waals surface area contributed by atoms with Gasteiger partial charge in [-0.25, -0.2) is 0 Å². The molecule has 1 aromatic carbocycles. The van der Waals surface area contributed by atoms with E-state index in [4.69, 9.17) is 0 Å². The standard InChI is InChI=1S/C13H20N/c1-4-6-12-7-9-13(10-8-12)11-14(3)5-2/h7-10H,1,4-6,11H2,2-3H3. The lowest BCUT2D eigenvalue weighted by Crippen LogP contribution is -2.16. The molecule has 1 heteroatoms. The number of hydrogen-bond donors (Lipinski definition) is 0. The Morgan fingerprint density at radius 1 is 1.14 bits per heavy atom. The number of rotatable bonds is 5. The normalized spacial score (nSPS) is 10.9. The van der Waals surface area contributed by atoms with Crippen molar-refractivity contribution in [2.45, 2.75) is 26.3 Å². The second-order valence-electron chi connectivity index (χ2n) is 3.75. The van der Waals surface area contributed by atoms with E-state index >= 15 is 0 Å². The van der Waals surface area contributed by atoms with Gasteiger partial charge in [-0.1, -0.05) is 38.1 Å². The van der Waals surface area contributed by atoms with Gasteiger partial charge in [0, 0.05) is 6.54 Å². The highest BCUT2D eigenvalue weighted by Gasteiger charge is 1.97. The second kappa shape index (κ2) is 5.82. The van der Waals surface area contributed by atoms with Crippen LogP contribution in [0.5, 0.6) is 0 Å². The Hall–Kier alpha value is -0.820. The first-order valence-corrected chi connectivity index (χ1v) is 5.32. The quantitative estimate of drug-likeness (QED) is 0.690. The van der Waals surface area contributed by atoms with E-state index in [0.29, 0.717) is 0 Å². The third kappa shape index (κ3) is 3.51. The van der Waals surface area contributed by atoms with Crippen molar-refractivity contribution in [3.8, 4) is 0 Å². The molecule has 0 N–H and O–H groups in total. The Bertz CT molecular complexity index is 250. The number of hydrogen-bond acceptors (Lipinski definition) is 1. The van der Waals surface area contributed by atoms with Crippen LogP contribution in [-0.2, 0) is 13.0 Å². The van der Waals surface area contributed by atoms with Crippen molar-refractivity contribution < 1.29 is 0 Å². The average molecular weight is 190 g/mol. The molecule has 77 valence electrons. The van der Waals surface area contributed by atoms with Crippen LogP contribution >= 0.6 is 0 Å². The number of nitrogens with zero attached hydrogens (tertiary/aromatic N) is 1. The summed E-state index contributed by atoms with van der Waals surface area (Å²) >= 11 is 0. The van der Waals surface area contributed by atoms with Crippen LogP contribution in [0.25, 0.3) is 0 Å². The van der Waals surface area contributed by atoms with Crippen molar-refractivity contribution in [3.05, 3.63) is 42.3 Å². The highest BCUT2D eigenvalue weighted by molar-refractivity contribution is 5.22. The van der Waals surface area contributed by atoms with Gasteiger partial charge < -0.3 is 4.90 Å². The van der Waals surface area contributed by atoms with Crippen LogP contribution in [0.1, 0.15) is 24.5 Å². The van der Waals surface area contributed by atoms with Crippen LogP contribution in [-0.4, -0.2) is 18.5 Å². The number of aryl methyl sites for hydroxylation is 1. The molecular weight excluding hydrogens is 170 g/mol. The number of benzene rings is 1. The fraction of sp³-hybridized carbons (Fsp3) is 0.462. The van der Waals surface area contributed by atoms with Crippen molar-refractivity contribution in [1.82, 2.24) is 4.90 Å². The van der Waals surface area contributed by atoms with Crippen LogP contribution in [0.2, 0.25) is 0 Å². The molecule has 0 spiro atoms. The first kappa shape index (κ1) is 11.3. The van der Waals surface area contributed by atoms with E-state index in [0.717, 1.165) is 25.9 Å². The zero-order valence-corrected chi connectivity index (χ0v) is 9.29. The summed E-state index contributed by atoms with van der Waals surface area (Å²) in [5.74, 6) is 0. The third-order valence-electron chi connectivity index (χ3n) is 2.48. The zero-order chi connectivity index (χ0) is 10.4. The molecule has 0 aromatic heterocycles. The summed E-state index contributed by atoms with van der Waals surface area (Å²) in [6.07, 6.45) is 2.07. The highest BCUT2D eigenvalue weighted by Crippen LogP contribution is 2.08. The summed E-state index contributed by atoms with van der Waals surface area (Å²) < 4.78 is 0. The molecule has 0 atom stereocenters. The molecule has 0 aliphatic heterocycles. The molecule has 0 bridgehead atoms. The van der Waals surface area contributed by atoms with E-state index in [1.807, 2.05) is 0 Å². The minimum absolute atomic E-state index is 0.980. The van der Waals surface area contributed by atoms with Gasteiger partial charge in [0.05, 0.1) is 0 Å². The summed E-state index contributed by atoms with van der Waals surface area (Å²) in [7, 11) is 2.14. The first-order valence-electron chi connectivity index (χ1n) is 5.32. The van der Waals surface area contributed by atoms with Crippen LogP contribution < -0.4 is 0 Å². The Morgan fingerprint density at radius 2 is 1.71 bits per heavy atom. The van der Waals surface area contributed by atoms with Crippen LogP contribution in [0.3, 0.4) is 0 Å². The van der Waals surface area contributed by atoms with Gasteiger partial charge in [-0.2, -0.15) is 0 Å². The smallest absolute Gasteiger partial charge is 0.0230 e. The van der Waals surface area contributed by atoms with Gasteiger partial charge in [-0.15, -0.1) is 0 Å². The molecule has 1 aromatic rings. The van der Waals surface area contributed by atoms with E-state index in [-0.39, 0.29) is 0 Å². The molecule has 0 saturated heterocycles. The Kier molecular flexibility index (Phi) is 4.68. The Labute approximate surface area is 87.7 Å². The molecule has 0 amide bonds. The molecule has 0 aliphatic carbocycles. The van der Waals surface area contributed by atoms with Crippen molar-refractivity contribution in [2.75, 3.05) is 13.6 Å². The largest absolute Gasteiger partial charge is 0.302 e. The van der Waals surface area contributed by atoms with E-state index in [1.165, 1.54) is 11.1 Å². The maximum Gasteiger partial charge on any atom is 0.0230 e. The van der Waals surface area contributed by atoms with Crippen LogP contribution in [0, 0.1) is 6.92 Å². The first-order chi connectivity index (χ1) is 6.76. The van der Waals surface area contributed by atoms with Gasteiger partial charge in [-0.05, 0) is 37.6 Å². The van der Waals surface area contributed by atoms with Gasteiger partial charge in [0.2, 0.25) is 0 Å². The second-order valence-corrected chi connectivity index (χ2v) is 3.75. The van der Waals surface area contributed by atoms with Crippen molar-refractivity contribution in [1.29, 1.82) is 0 Å². The molecule has 1 radical (unpaired) electrons. The lowest BCUT2D eigenvalue weighted by atomic mass is 10.1. The lowest BCUT2D eigenvalue weighted by Gasteiger charge is -2.13. The predicted octanol–water partition coefficient (Wildman–Crippen LogP) is 2.90. The molecule has 0 fully saturated rings. The molecule has 1 nitrogen and oxygen atoms in total. The summed E-state index contributed by atoms with van der Waals surface area (Å²) in [5.41, 5.74) is 2.78. The van der Waals surface area contributed by atoms with E-state index < -0.39 is 0 Å². The Balaban J connectivity index is 2.54. The van der Waals surface area contributed by atoms with E-state index in [9.17, 15) is 0 Å². The van der Waals surface area contributed by atoms with Gasteiger partial charge in [0.1, 0.15) is 0 Å². The third-order valence-corrected chi connectivity index (χ3v) is 2.48. The van der Waals surface area contributed by atoms with Crippen LogP contribution in [0.4, 0.5) is 0 Å².